The number of aryl methyl sites for hydroxylation is 1. The predicted molar refractivity (Wildman–Crippen MR) is 106 cm³/mol. The van der Waals surface area contributed by atoms with Crippen LogP contribution in [0.2, 0.25) is 0 Å². The van der Waals surface area contributed by atoms with E-state index in [1.165, 1.54) is 12.1 Å². The van der Waals surface area contributed by atoms with E-state index in [9.17, 15) is 10.1 Å². The van der Waals surface area contributed by atoms with Crippen LogP contribution in [0.5, 0.6) is 0 Å². The van der Waals surface area contributed by atoms with Crippen LogP contribution in [0.3, 0.4) is 0 Å². The van der Waals surface area contributed by atoms with Gasteiger partial charge in [0, 0.05) is 61.0 Å². The quantitative estimate of drug-likeness (QED) is 0.497. The van der Waals surface area contributed by atoms with Gasteiger partial charge in [0.2, 0.25) is 0 Å². The zero-order chi connectivity index (χ0) is 19.5. The molecule has 0 spiro atoms. The van der Waals surface area contributed by atoms with Gasteiger partial charge in [0.25, 0.3) is 5.69 Å². The average Bonchev–Trinajstić information content (AvgIpc) is 3.28. The molecule has 4 rings (SSSR count). The first-order valence-corrected chi connectivity index (χ1v) is 9.49. The lowest BCUT2D eigenvalue weighted by Gasteiger charge is -2.33. The summed E-state index contributed by atoms with van der Waals surface area (Å²) in [6.45, 7) is 3.91. The third-order valence-electron chi connectivity index (χ3n) is 5.20. The van der Waals surface area contributed by atoms with E-state index in [4.69, 9.17) is 4.98 Å². The van der Waals surface area contributed by atoms with Crippen molar-refractivity contribution >= 4 is 11.5 Å². The smallest absolute Gasteiger partial charge is 0.269 e. The van der Waals surface area contributed by atoms with Crippen molar-refractivity contribution in [3.8, 4) is 11.4 Å². The molecule has 3 aromatic rings. The number of benzene rings is 1. The van der Waals surface area contributed by atoms with Crippen molar-refractivity contribution in [1.29, 1.82) is 0 Å². The fourth-order valence-electron chi connectivity index (χ4n) is 3.57. The van der Waals surface area contributed by atoms with E-state index >= 15 is 0 Å². The fraction of sp³-hybridized carbons (Fsp3) is 0.350. The van der Waals surface area contributed by atoms with Gasteiger partial charge in [-0.1, -0.05) is 6.92 Å². The molecular weight excluding hydrogens is 356 g/mol. The molecule has 0 N–H and O–H groups in total. The molecule has 0 amide bonds. The van der Waals surface area contributed by atoms with Crippen molar-refractivity contribution in [3.63, 3.8) is 0 Å². The van der Waals surface area contributed by atoms with Crippen LogP contribution in [-0.2, 0) is 6.42 Å². The molecule has 1 saturated heterocycles. The molecule has 0 bridgehead atoms. The number of imidazole rings is 1. The molecule has 0 aliphatic carbocycles. The molecule has 0 saturated carbocycles. The molecule has 1 fully saturated rings. The Labute approximate surface area is 163 Å². The van der Waals surface area contributed by atoms with Gasteiger partial charge < -0.3 is 9.47 Å². The third-order valence-corrected chi connectivity index (χ3v) is 5.20. The maximum Gasteiger partial charge on any atom is 0.269 e. The minimum atomic E-state index is -0.400. The van der Waals surface area contributed by atoms with Gasteiger partial charge in [0.1, 0.15) is 5.82 Å². The Morgan fingerprint density at radius 2 is 1.93 bits per heavy atom. The summed E-state index contributed by atoms with van der Waals surface area (Å²) < 4.78 is 2.18. The lowest BCUT2D eigenvalue weighted by atomic mass is 10.0. The second-order valence-electron chi connectivity index (χ2n) is 6.93. The summed E-state index contributed by atoms with van der Waals surface area (Å²) in [5.41, 5.74) is 1.82. The minimum absolute atomic E-state index is 0.0668. The van der Waals surface area contributed by atoms with Crippen LogP contribution < -0.4 is 4.90 Å². The van der Waals surface area contributed by atoms with Gasteiger partial charge in [-0.3, -0.25) is 10.1 Å². The monoisotopic (exact) mass is 378 g/mol. The largest absolute Gasteiger partial charge is 0.356 e. The Bertz CT molecular complexity index is 947. The van der Waals surface area contributed by atoms with Crippen molar-refractivity contribution < 1.29 is 4.92 Å². The van der Waals surface area contributed by atoms with Gasteiger partial charge in [0.15, 0.2) is 5.82 Å². The molecule has 0 atom stereocenters. The molecule has 2 aromatic heterocycles. The summed E-state index contributed by atoms with van der Waals surface area (Å²) in [4.78, 5) is 26.3. The molecule has 0 unspecified atom stereocenters. The van der Waals surface area contributed by atoms with E-state index in [2.05, 4.69) is 26.4 Å². The highest BCUT2D eigenvalue weighted by Crippen LogP contribution is 2.28. The van der Waals surface area contributed by atoms with Gasteiger partial charge in [-0.05, 0) is 31.4 Å². The van der Waals surface area contributed by atoms with E-state index in [1.807, 2.05) is 24.8 Å². The summed E-state index contributed by atoms with van der Waals surface area (Å²) in [6.07, 6.45) is 8.60. The lowest BCUT2D eigenvalue weighted by Crippen LogP contribution is -2.35. The van der Waals surface area contributed by atoms with E-state index < -0.39 is 4.92 Å². The molecule has 1 aliphatic rings. The van der Waals surface area contributed by atoms with Crippen LogP contribution in [0.1, 0.15) is 31.5 Å². The normalized spacial score (nSPS) is 15.0. The highest BCUT2D eigenvalue weighted by atomic mass is 16.6. The van der Waals surface area contributed by atoms with Crippen molar-refractivity contribution in [2.75, 3.05) is 18.0 Å². The first-order chi connectivity index (χ1) is 13.6. The van der Waals surface area contributed by atoms with Crippen molar-refractivity contribution in [2.45, 2.75) is 32.2 Å². The lowest BCUT2D eigenvalue weighted by molar-refractivity contribution is -0.384. The maximum absolute atomic E-state index is 10.9. The summed E-state index contributed by atoms with van der Waals surface area (Å²) in [5.74, 6) is 1.53. The van der Waals surface area contributed by atoms with Crippen LogP contribution in [0.4, 0.5) is 11.5 Å². The van der Waals surface area contributed by atoms with Crippen LogP contribution in [0.15, 0.2) is 49.1 Å². The minimum Gasteiger partial charge on any atom is -0.356 e. The number of non-ortho nitro benzene ring substituents is 1. The van der Waals surface area contributed by atoms with E-state index in [0.717, 1.165) is 49.4 Å². The predicted octanol–water partition coefficient (Wildman–Crippen LogP) is 3.65. The molecule has 28 heavy (non-hydrogen) atoms. The first kappa shape index (κ1) is 18.1. The number of nitro groups is 1. The molecule has 8 nitrogen and oxygen atoms in total. The zero-order valence-electron chi connectivity index (χ0n) is 15.7. The molecule has 1 aromatic carbocycles. The topological polar surface area (TPSA) is 90.0 Å². The number of aromatic nitrogens is 4. The molecule has 144 valence electrons. The first-order valence-electron chi connectivity index (χ1n) is 9.49. The summed E-state index contributed by atoms with van der Waals surface area (Å²) in [6, 6.07) is 8.93. The second kappa shape index (κ2) is 7.75. The van der Waals surface area contributed by atoms with Crippen molar-refractivity contribution in [1.82, 2.24) is 19.5 Å². The number of hydrogen-bond donors (Lipinski definition) is 0. The van der Waals surface area contributed by atoms with Gasteiger partial charge in [-0.15, -0.1) is 0 Å². The van der Waals surface area contributed by atoms with Crippen LogP contribution in [0.25, 0.3) is 11.4 Å². The number of piperidine rings is 1. The Morgan fingerprint density at radius 1 is 1.18 bits per heavy atom. The Hall–Kier alpha value is -3.29. The number of nitro benzene ring substituents is 1. The SMILES string of the molecule is CCc1cc(N2CCC(n3ccnc3)CC2)nc(-c2ccc([N+](=O)[O-])cc2)n1. The summed E-state index contributed by atoms with van der Waals surface area (Å²) >= 11 is 0. The van der Waals surface area contributed by atoms with Gasteiger partial charge in [-0.25, -0.2) is 15.0 Å². The van der Waals surface area contributed by atoms with E-state index in [1.54, 1.807) is 12.1 Å². The van der Waals surface area contributed by atoms with Crippen LogP contribution >= 0.6 is 0 Å². The highest BCUT2D eigenvalue weighted by molar-refractivity contribution is 5.60. The number of nitrogens with zero attached hydrogens (tertiary/aromatic N) is 6. The average molecular weight is 378 g/mol. The molecular formula is C20H22N6O2. The van der Waals surface area contributed by atoms with Gasteiger partial charge in [0.05, 0.1) is 11.3 Å². The fourth-order valence-corrected chi connectivity index (χ4v) is 3.57. The van der Waals surface area contributed by atoms with E-state index in [-0.39, 0.29) is 5.69 Å². The molecule has 8 heteroatoms. The van der Waals surface area contributed by atoms with Crippen molar-refractivity contribution in [3.05, 3.63) is 64.9 Å². The summed E-state index contributed by atoms with van der Waals surface area (Å²) in [5, 5.41) is 10.9. The Balaban J connectivity index is 1.56. The third kappa shape index (κ3) is 3.71. The maximum atomic E-state index is 10.9. The number of rotatable bonds is 5. The molecule has 3 heterocycles. The van der Waals surface area contributed by atoms with Crippen LogP contribution in [0, 0.1) is 10.1 Å². The second-order valence-corrected chi connectivity index (χ2v) is 6.93. The Morgan fingerprint density at radius 3 is 2.54 bits per heavy atom. The summed E-state index contributed by atoms with van der Waals surface area (Å²) in [7, 11) is 0. The van der Waals surface area contributed by atoms with Gasteiger partial charge >= 0.3 is 0 Å². The zero-order valence-corrected chi connectivity index (χ0v) is 15.7. The van der Waals surface area contributed by atoms with Gasteiger partial charge in [-0.2, -0.15) is 0 Å². The van der Waals surface area contributed by atoms with Crippen LogP contribution in [-0.4, -0.2) is 37.5 Å². The number of hydrogen-bond acceptors (Lipinski definition) is 6. The molecule has 0 radical (unpaired) electrons. The van der Waals surface area contributed by atoms with E-state index in [0.29, 0.717) is 11.9 Å². The standard InChI is InChI=1S/C20H22N6O2/c1-2-16-13-19(24-10-7-17(8-11-24)25-12-9-21-14-25)23-20(22-16)15-3-5-18(6-4-15)26(27)28/h3-6,9,12-14,17H,2,7-8,10-11H2,1H3. The highest BCUT2D eigenvalue weighted by Gasteiger charge is 2.22. The Kier molecular flexibility index (Phi) is 5.01. The molecule has 1 aliphatic heterocycles. The van der Waals surface area contributed by atoms with Crippen molar-refractivity contribution in [2.24, 2.45) is 0 Å². The number of anilines is 1.